The standard InChI is InChI=1S/C10H17NO3/c1-4-9(12)11(6-3)7-8-14-10(13)5-2/h4H,1,5-8H2,2-3H3. The quantitative estimate of drug-likeness (QED) is 0.473. The lowest BCUT2D eigenvalue weighted by molar-refractivity contribution is -0.144. The number of carbonyl (C=O) groups excluding carboxylic acids is 2. The minimum Gasteiger partial charge on any atom is -0.464 e. The molecule has 0 rings (SSSR count). The number of ether oxygens (including phenoxy) is 1. The van der Waals surface area contributed by atoms with E-state index >= 15 is 0 Å². The van der Waals surface area contributed by atoms with Crippen LogP contribution < -0.4 is 0 Å². The van der Waals surface area contributed by atoms with Crippen LogP contribution >= 0.6 is 0 Å². The maximum atomic E-state index is 11.2. The molecule has 80 valence electrons. The van der Waals surface area contributed by atoms with Crippen molar-refractivity contribution in [3.63, 3.8) is 0 Å². The van der Waals surface area contributed by atoms with E-state index in [4.69, 9.17) is 4.74 Å². The second-order valence-corrected chi connectivity index (χ2v) is 2.70. The Hall–Kier alpha value is -1.32. The van der Waals surface area contributed by atoms with E-state index in [0.29, 0.717) is 19.5 Å². The third-order valence-electron chi connectivity index (χ3n) is 1.78. The van der Waals surface area contributed by atoms with E-state index in [9.17, 15) is 9.59 Å². The molecule has 0 saturated heterocycles. The van der Waals surface area contributed by atoms with Gasteiger partial charge in [-0.2, -0.15) is 0 Å². The highest BCUT2D eigenvalue weighted by molar-refractivity contribution is 5.86. The molecule has 0 aromatic carbocycles. The summed E-state index contributed by atoms with van der Waals surface area (Å²) < 4.78 is 4.85. The maximum absolute atomic E-state index is 11.2. The molecule has 0 N–H and O–H groups in total. The van der Waals surface area contributed by atoms with Gasteiger partial charge in [-0.05, 0) is 13.0 Å². The Morgan fingerprint density at radius 2 is 2.07 bits per heavy atom. The number of hydrogen-bond acceptors (Lipinski definition) is 3. The Morgan fingerprint density at radius 1 is 1.43 bits per heavy atom. The minimum atomic E-state index is -0.243. The second-order valence-electron chi connectivity index (χ2n) is 2.70. The molecule has 0 aliphatic rings. The summed E-state index contributed by atoms with van der Waals surface area (Å²) in [6.45, 7) is 8.25. The molecule has 14 heavy (non-hydrogen) atoms. The zero-order valence-electron chi connectivity index (χ0n) is 8.78. The van der Waals surface area contributed by atoms with Gasteiger partial charge >= 0.3 is 5.97 Å². The molecule has 0 heterocycles. The summed E-state index contributed by atoms with van der Waals surface area (Å²) in [7, 11) is 0. The fraction of sp³-hybridized carbons (Fsp3) is 0.600. The van der Waals surface area contributed by atoms with E-state index in [1.165, 1.54) is 6.08 Å². The molecule has 0 bridgehead atoms. The van der Waals surface area contributed by atoms with Crippen molar-refractivity contribution in [2.45, 2.75) is 20.3 Å². The molecular formula is C10H17NO3. The van der Waals surface area contributed by atoms with Crippen molar-refractivity contribution in [1.82, 2.24) is 4.90 Å². The molecule has 0 aromatic heterocycles. The van der Waals surface area contributed by atoms with Crippen LogP contribution in [0.3, 0.4) is 0 Å². The highest BCUT2D eigenvalue weighted by Crippen LogP contribution is 1.92. The molecule has 0 aliphatic carbocycles. The summed E-state index contributed by atoms with van der Waals surface area (Å²) in [5.74, 6) is -0.382. The Labute approximate surface area is 84.5 Å². The summed E-state index contributed by atoms with van der Waals surface area (Å²) in [6.07, 6.45) is 1.62. The summed E-state index contributed by atoms with van der Waals surface area (Å²) in [4.78, 5) is 23.5. The largest absolute Gasteiger partial charge is 0.464 e. The first-order valence-electron chi connectivity index (χ1n) is 4.72. The average molecular weight is 199 g/mol. The topological polar surface area (TPSA) is 46.6 Å². The van der Waals surface area contributed by atoms with Gasteiger partial charge in [0.1, 0.15) is 6.61 Å². The van der Waals surface area contributed by atoms with Crippen LogP contribution in [-0.2, 0) is 14.3 Å². The van der Waals surface area contributed by atoms with E-state index in [1.807, 2.05) is 6.92 Å². The Kier molecular flexibility index (Phi) is 6.45. The van der Waals surface area contributed by atoms with Gasteiger partial charge in [-0.3, -0.25) is 9.59 Å². The number of nitrogens with zero attached hydrogens (tertiary/aromatic N) is 1. The molecule has 0 radical (unpaired) electrons. The molecule has 0 unspecified atom stereocenters. The molecule has 0 spiro atoms. The van der Waals surface area contributed by atoms with Crippen LogP contribution in [0, 0.1) is 0 Å². The lowest BCUT2D eigenvalue weighted by Gasteiger charge is -2.18. The predicted octanol–water partition coefficient (Wildman–Crippen LogP) is 0.974. The molecule has 0 fully saturated rings. The van der Waals surface area contributed by atoms with E-state index in [0.717, 1.165) is 0 Å². The normalized spacial score (nSPS) is 9.29. The number of hydrogen-bond donors (Lipinski definition) is 0. The number of esters is 1. The SMILES string of the molecule is C=CC(=O)N(CC)CCOC(=O)CC. The van der Waals surface area contributed by atoms with Crippen molar-refractivity contribution < 1.29 is 14.3 Å². The van der Waals surface area contributed by atoms with Crippen LogP contribution in [-0.4, -0.2) is 36.5 Å². The molecule has 4 nitrogen and oxygen atoms in total. The van der Waals surface area contributed by atoms with Gasteiger partial charge in [0.25, 0.3) is 0 Å². The van der Waals surface area contributed by atoms with Crippen LogP contribution in [0.1, 0.15) is 20.3 Å². The molecule has 0 aliphatic heterocycles. The third-order valence-corrected chi connectivity index (χ3v) is 1.78. The fourth-order valence-corrected chi connectivity index (χ4v) is 0.925. The van der Waals surface area contributed by atoms with E-state index in [2.05, 4.69) is 6.58 Å². The van der Waals surface area contributed by atoms with Gasteiger partial charge < -0.3 is 9.64 Å². The Morgan fingerprint density at radius 3 is 2.50 bits per heavy atom. The van der Waals surface area contributed by atoms with Crippen molar-refractivity contribution in [1.29, 1.82) is 0 Å². The van der Waals surface area contributed by atoms with Gasteiger partial charge in [0, 0.05) is 13.0 Å². The van der Waals surface area contributed by atoms with E-state index in [-0.39, 0.29) is 18.5 Å². The number of rotatable bonds is 6. The van der Waals surface area contributed by atoms with Gasteiger partial charge in [-0.1, -0.05) is 13.5 Å². The highest BCUT2D eigenvalue weighted by atomic mass is 16.5. The average Bonchev–Trinajstić information content (AvgIpc) is 2.22. The first kappa shape index (κ1) is 12.7. The number of amides is 1. The summed E-state index contributed by atoms with van der Waals surface area (Å²) in [5, 5.41) is 0. The van der Waals surface area contributed by atoms with Gasteiger partial charge in [-0.15, -0.1) is 0 Å². The third kappa shape index (κ3) is 4.64. The lowest BCUT2D eigenvalue weighted by atomic mass is 10.4. The molecule has 0 saturated carbocycles. The van der Waals surface area contributed by atoms with Crippen molar-refractivity contribution in [2.75, 3.05) is 19.7 Å². The monoisotopic (exact) mass is 199 g/mol. The molecule has 4 heteroatoms. The molecule has 1 amide bonds. The number of likely N-dealkylation sites (N-methyl/N-ethyl adjacent to an activating group) is 1. The van der Waals surface area contributed by atoms with Crippen LogP contribution in [0.4, 0.5) is 0 Å². The Bertz CT molecular complexity index is 213. The van der Waals surface area contributed by atoms with Crippen molar-refractivity contribution >= 4 is 11.9 Å². The Balaban J connectivity index is 3.79. The number of carbonyl (C=O) groups is 2. The van der Waals surface area contributed by atoms with Crippen molar-refractivity contribution in [2.24, 2.45) is 0 Å². The first-order chi connectivity index (χ1) is 6.65. The van der Waals surface area contributed by atoms with E-state index in [1.54, 1.807) is 11.8 Å². The highest BCUT2D eigenvalue weighted by Gasteiger charge is 2.07. The summed E-state index contributed by atoms with van der Waals surface area (Å²) in [6, 6.07) is 0. The van der Waals surface area contributed by atoms with Gasteiger partial charge in [0.15, 0.2) is 0 Å². The molecular weight excluding hydrogens is 182 g/mol. The van der Waals surface area contributed by atoms with Crippen LogP contribution in [0.5, 0.6) is 0 Å². The zero-order valence-corrected chi connectivity index (χ0v) is 8.78. The van der Waals surface area contributed by atoms with Crippen molar-refractivity contribution in [3.8, 4) is 0 Å². The lowest BCUT2D eigenvalue weighted by Crippen LogP contribution is -2.32. The first-order valence-corrected chi connectivity index (χ1v) is 4.72. The van der Waals surface area contributed by atoms with Crippen LogP contribution in [0.25, 0.3) is 0 Å². The predicted molar refractivity (Wildman–Crippen MR) is 53.7 cm³/mol. The van der Waals surface area contributed by atoms with Gasteiger partial charge in [-0.25, -0.2) is 0 Å². The maximum Gasteiger partial charge on any atom is 0.305 e. The minimum absolute atomic E-state index is 0.139. The second kappa shape index (κ2) is 7.12. The summed E-state index contributed by atoms with van der Waals surface area (Å²) >= 11 is 0. The van der Waals surface area contributed by atoms with Crippen molar-refractivity contribution in [3.05, 3.63) is 12.7 Å². The van der Waals surface area contributed by atoms with Crippen LogP contribution in [0.15, 0.2) is 12.7 Å². The van der Waals surface area contributed by atoms with Gasteiger partial charge in [0.2, 0.25) is 5.91 Å². The van der Waals surface area contributed by atoms with Crippen LogP contribution in [0.2, 0.25) is 0 Å². The fourth-order valence-electron chi connectivity index (χ4n) is 0.925. The zero-order chi connectivity index (χ0) is 11.0. The van der Waals surface area contributed by atoms with E-state index < -0.39 is 0 Å². The molecule has 0 atom stereocenters. The summed E-state index contributed by atoms with van der Waals surface area (Å²) in [5.41, 5.74) is 0. The smallest absolute Gasteiger partial charge is 0.305 e. The van der Waals surface area contributed by atoms with Gasteiger partial charge in [0.05, 0.1) is 6.54 Å². The molecule has 0 aromatic rings.